The topological polar surface area (TPSA) is 220 Å². The highest BCUT2D eigenvalue weighted by molar-refractivity contribution is 7.85. The first-order valence-electron chi connectivity index (χ1n) is 17.4. The molecule has 3 unspecified atom stereocenters. The van der Waals surface area contributed by atoms with Gasteiger partial charge in [0.25, 0.3) is 16.0 Å². The van der Waals surface area contributed by atoms with Gasteiger partial charge in [0.15, 0.2) is 5.78 Å². The number of rotatable bonds is 11. The molecule has 8 bridgehead atoms. The number of carboxylic acids is 1. The highest BCUT2D eigenvalue weighted by Gasteiger charge is 2.38. The fraction of sp³-hybridized carbons (Fsp3) is 0.486. The monoisotopic (exact) mass is 737 g/mol. The minimum atomic E-state index is -4.37. The van der Waals surface area contributed by atoms with Gasteiger partial charge >= 0.3 is 11.9 Å². The van der Waals surface area contributed by atoms with Crippen LogP contribution in [0.25, 0.3) is 23.8 Å². The zero-order valence-electron chi connectivity index (χ0n) is 30.5. The van der Waals surface area contributed by atoms with E-state index >= 15 is 0 Å². The number of amides is 1. The molecule has 1 saturated heterocycles. The van der Waals surface area contributed by atoms with E-state index in [1.165, 1.54) is 14.0 Å². The number of ether oxygens (including phenoxy) is 1. The smallest absolute Gasteiger partial charge is 0.310 e. The van der Waals surface area contributed by atoms with Gasteiger partial charge in [0.1, 0.15) is 0 Å². The average Bonchev–Trinajstić information content (AvgIpc) is 3.74. The van der Waals surface area contributed by atoms with E-state index in [1.54, 1.807) is 6.92 Å². The summed E-state index contributed by atoms with van der Waals surface area (Å²) >= 11 is 0. The number of aromatic nitrogens is 2. The molecule has 0 spiro atoms. The molecular weight excluding hydrogens is 690 g/mol. The fourth-order valence-corrected chi connectivity index (χ4v) is 8.19. The van der Waals surface area contributed by atoms with Crippen LogP contribution in [0.2, 0.25) is 0 Å². The Morgan fingerprint density at radius 1 is 1.02 bits per heavy atom. The van der Waals surface area contributed by atoms with Crippen molar-refractivity contribution in [1.29, 1.82) is 0 Å². The van der Waals surface area contributed by atoms with Crippen molar-refractivity contribution in [2.75, 3.05) is 19.4 Å². The maximum absolute atomic E-state index is 14.0. The molecule has 0 saturated carbocycles. The van der Waals surface area contributed by atoms with Crippen LogP contribution in [0.1, 0.15) is 96.6 Å². The highest BCUT2D eigenvalue weighted by Crippen LogP contribution is 2.40. The molecule has 2 aromatic heterocycles. The van der Waals surface area contributed by atoms with Gasteiger partial charge in [-0.25, -0.2) is 0 Å². The van der Waals surface area contributed by atoms with Crippen LogP contribution in [0.15, 0.2) is 16.4 Å². The summed E-state index contributed by atoms with van der Waals surface area (Å²) in [4.78, 5) is 63.8. The molecule has 2 aromatic rings. The number of nitrogens with one attached hydrogen (secondary N) is 4. The zero-order chi connectivity index (χ0) is 38.2. The van der Waals surface area contributed by atoms with E-state index in [1.807, 2.05) is 32.1 Å². The van der Waals surface area contributed by atoms with Crippen molar-refractivity contribution >= 4 is 63.3 Å². The predicted octanol–water partition coefficient (Wildman–Crippen LogP) is 2.88. The first-order chi connectivity index (χ1) is 24.4. The molecule has 5 rings (SSSR count). The number of esters is 1. The van der Waals surface area contributed by atoms with Gasteiger partial charge in [0.2, 0.25) is 0 Å². The Morgan fingerprint density at radius 3 is 2.35 bits per heavy atom. The molecule has 3 aliphatic heterocycles. The number of aromatic amines is 2. The predicted molar refractivity (Wildman–Crippen MR) is 196 cm³/mol. The van der Waals surface area contributed by atoms with Crippen LogP contribution < -0.4 is 21.3 Å². The number of fused-ring (bicyclic) bond motifs is 7. The van der Waals surface area contributed by atoms with Crippen molar-refractivity contribution in [2.45, 2.75) is 73.3 Å². The molecule has 3 aliphatic rings. The number of hydrogen-bond donors (Lipinski definition) is 6. The Bertz CT molecular complexity index is 2150. The summed E-state index contributed by atoms with van der Waals surface area (Å²) in [6.45, 7) is 10.9. The number of nitrogens with zero attached hydrogens (tertiary/aromatic N) is 1. The van der Waals surface area contributed by atoms with E-state index in [4.69, 9.17) is 9.73 Å². The third-order valence-corrected chi connectivity index (χ3v) is 11.4. The van der Waals surface area contributed by atoms with Gasteiger partial charge in [-0.15, -0.1) is 0 Å². The molecule has 52 heavy (non-hydrogen) atoms. The normalized spacial score (nSPS) is 22.5. The van der Waals surface area contributed by atoms with Crippen molar-refractivity contribution < 1.29 is 42.0 Å². The average molecular weight is 738 g/mol. The van der Waals surface area contributed by atoms with E-state index in [0.29, 0.717) is 44.8 Å². The zero-order valence-corrected chi connectivity index (χ0v) is 31.3. The Kier molecular flexibility index (Phi) is 11.2. The van der Waals surface area contributed by atoms with Crippen LogP contribution in [0, 0.1) is 37.5 Å². The van der Waals surface area contributed by atoms with Gasteiger partial charge in [-0.1, -0.05) is 27.2 Å². The Balaban J connectivity index is 1.89. The Labute approximate surface area is 302 Å². The number of methoxy groups -OCH3 is 1. The molecule has 5 atom stereocenters. The van der Waals surface area contributed by atoms with Crippen molar-refractivity contribution in [3.05, 3.63) is 55.7 Å². The maximum Gasteiger partial charge on any atom is 0.310 e. The minimum absolute atomic E-state index is 0.0723. The summed E-state index contributed by atoms with van der Waals surface area (Å²) in [6, 6.07) is -0.209. The molecule has 1 amide bonds. The number of allylic oxidation sites excluding steroid dienone is 2. The summed E-state index contributed by atoms with van der Waals surface area (Å²) in [5.41, 5.74) is 5.56. The third kappa shape index (κ3) is 7.70. The Morgan fingerprint density at radius 2 is 1.73 bits per heavy atom. The largest absolute Gasteiger partial charge is 0.481 e. The highest BCUT2D eigenvalue weighted by atomic mass is 32.2. The molecule has 6 N–H and O–H groups in total. The van der Waals surface area contributed by atoms with E-state index < -0.39 is 39.6 Å². The molecule has 0 radical (unpaired) electrons. The molecule has 1 fully saturated rings. The quantitative estimate of drug-likeness (QED) is 0.113. The molecule has 5 heterocycles. The number of ketones is 1. The first-order valence-corrected chi connectivity index (χ1v) is 19.0. The summed E-state index contributed by atoms with van der Waals surface area (Å²) < 4.78 is 37.4. The van der Waals surface area contributed by atoms with Crippen LogP contribution in [0.5, 0.6) is 0 Å². The number of aliphatic carboxylic acids is 1. The first kappa shape index (κ1) is 38.5. The van der Waals surface area contributed by atoms with Crippen molar-refractivity contribution in [2.24, 2.45) is 28.7 Å². The van der Waals surface area contributed by atoms with Gasteiger partial charge < -0.3 is 30.4 Å². The molecule has 15 heteroatoms. The lowest BCUT2D eigenvalue weighted by Gasteiger charge is -2.19. The third-order valence-electron chi connectivity index (χ3n) is 10.7. The lowest BCUT2D eigenvalue weighted by atomic mass is 9.82. The summed E-state index contributed by atoms with van der Waals surface area (Å²) in [6.07, 6.45) is 6.30. The van der Waals surface area contributed by atoms with E-state index in [2.05, 4.69) is 34.4 Å². The van der Waals surface area contributed by atoms with E-state index in [9.17, 15) is 37.3 Å². The van der Waals surface area contributed by atoms with Gasteiger partial charge in [-0.05, 0) is 62.5 Å². The summed E-state index contributed by atoms with van der Waals surface area (Å²) in [7, 11) is -3.12. The van der Waals surface area contributed by atoms with E-state index in [0.717, 1.165) is 17.7 Å². The molecular formula is C37H47N5O9S. The Hall–Kier alpha value is -4.76. The number of aliphatic imine (C=N–C) groups is 1. The molecule has 0 aliphatic carbocycles. The minimum Gasteiger partial charge on any atom is -0.481 e. The lowest BCUT2D eigenvalue weighted by molar-refractivity contribution is -0.139. The fourth-order valence-electron chi connectivity index (χ4n) is 7.83. The number of hydrogen-bond acceptors (Lipinski definition) is 9. The number of carboxylic acid groups (broad SMARTS) is 1. The molecule has 280 valence electrons. The molecule has 14 nitrogen and oxygen atoms in total. The number of carbonyl (C=O) groups excluding carboxylic acids is 3. The number of Topliss-reactive ketones (excluding diaryl/α,β-unsaturated/α-hetero) is 1. The van der Waals surface area contributed by atoms with Crippen LogP contribution in [-0.4, -0.2) is 82.8 Å². The number of H-pyrrole nitrogens is 2. The number of carbonyl (C=O) groups is 4. The maximum atomic E-state index is 14.0. The van der Waals surface area contributed by atoms with Crippen LogP contribution in [-0.2, 0) is 24.4 Å². The standard InChI is InChI=1S/C37H47N5O9S/c1-8-22-17(2)25-16-30-33(21(6)43)19(4)27(40-30)14-26-18(3)23(9-10-31(44)45)35(41-26)24(13-32(46)51-7)36-34(37(47)38-11-12-52(48,49)50)20(5)28(42-36)15-29(22)39-25/h14-18,22-23,29,39-40,42H,8-13H2,1-7H3,(H,38,47)(H,44,45)(H,48,49,50)/t17?,18?,22-,23+,29?/m1/s1. The molecule has 0 aromatic carbocycles. The second kappa shape index (κ2) is 15.1. The van der Waals surface area contributed by atoms with Crippen molar-refractivity contribution in [3.8, 4) is 0 Å². The summed E-state index contributed by atoms with van der Waals surface area (Å²) in [5, 5.41) is 16.8. The van der Waals surface area contributed by atoms with Crippen LogP contribution in [0.3, 0.4) is 0 Å². The second-order valence-electron chi connectivity index (χ2n) is 13.9. The van der Waals surface area contributed by atoms with E-state index in [-0.39, 0.29) is 66.3 Å². The van der Waals surface area contributed by atoms with Gasteiger partial charge in [-0.3, -0.25) is 28.7 Å². The second-order valence-corrected chi connectivity index (χ2v) is 15.5. The summed E-state index contributed by atoms with van der Waals surface area (Å²) in [5.74, 6) is -3.69. The van der Waals surface area contributed by atoms with Crippen molar-refractivity contribution in [3.63, 3.8) is 0 Å². The van der Waals surface area contributed by atoms with Gasteiger partial charge in [-0.2, -0.15) is 8.42 Å². The van der Waals surface area contributed by atoms with Gasteiger partial charge in [0, 0.05) is 70.3 Å². The van der Waals surface area contributed by atoms with Gasteiger partial charge in [0.05, 0.1) is 41.6 Å². The SMILES string of the molecule is CC[C@H]1C2C=c3[nH]c(c(C(=O)NCCS(=O)(=O)O)c3C)=C(CC(=O)OC)C3=NC(=Cc4[nH]c(c(C(C)=O)c4C)C=C(N2)C1C)C(C)[C@@H]3CCC(=O)O. The van der Waals surface area contributed by atoms with Crippen LogP contribution >= 0.6 is 0 Å². The lowest BCUT2D eigenvalue weighted by Crippen LogP contribution is -2.34. The van der Waals surface area contributed by atoms with Crippen molar-refractivity contribution in [1.82, 2.24) is 20.6 Å². The van der Waals surface area contributed by atoms with Crippen LogP contribution in [0.4, 0.5) is 0 Å².